The summed E-state index contributed by atoms with van der Waals surface area (Å²) in [5.41, 5.74) is -1.30. The zero-order chi connectivity index (χ0) is 25.2. The molecule has 1 aliphatic heterocycles. The Morgan fingerprint density at radius 2 is 2.06 bits per heavy atom. The number of hydrogen-bond donors (Lipinski definition) is 1. The van der Waals surface area contributed by atoms with E-state index in [1.54, 1.807) is 12.2 Å². The molecule has 3 saturated carbocycles. The molecule has 0 aromatic rings. The van der Waals surface area contributed by atoms with Gasteiger partial charge in [-0.3, -0.25) is 9.59 Å². The summed E-state index contributed by atoms with van der Waals surface area (Å²) in [5, 5.41) is 11.7. The van der Waals surface area contributed by atoms with E-state index >= 15 is 0 Å². The Morgan fingerprint density at radius 3 is 2.77 bits per heavy atom. The molecule has 0 spiro atoms. The molecule has 192 valence electrons. The molecule has 5 rings (SSSR count). The summed E-state index contributed by atoms with van der Waals surface area (Å²) >= 11 is 0. The summed E-state index contributed by atoms with van der Waals surface area (Å²) in [7, 11) is 1.20. The van der Waals surface area contributed by atoms with Gasteiger partial charge in [0.05, 0.1) is 19.3 Å². The number of rotatable bonds is 5. The van der Waals surface area contributed by atoms with E-state index in [0.717, 1.165) is 24.8 Å². The van der Waals surface area contributed by atoms with Crippen LogP contribution in [0.25, 0.3) is 0 Å². The number of carbonyl (C=O) groups is 3. The van der Waals surface area contributed by atoms with Crippen molar-refractivity contribution in [3.05, 3.63) is 23.8 Å². The second kappa shape index (κ2) is 8.53. The fraction of sp³-hybridized carbons (Fsp3) is 0.741. The number of allylic oxidation sites excluding steroid dienone is 4. The van der Waals surface area contributed by atoms with Crippen LogP contribution < -0.4 is 0 Å². The Hall–Kier alpha value is -2.03. The zero-order valence-electron chi connectivity index (χ0n) is 21.0. The molecule has 35 heavy (non-hydrogen) atoms. The Balaban J connectivity index is 1.52. The standard InChI is InChI=1S/C27H36O8/c1-5-6-22-34-21-12-18-17-8-7-15-11-16(28)9-10-25(15,2)23(17)19(29)13-26(18,3)27(21,35-22)20(30)14-33-24(31)32-4/h9-11,17-19,21-23,29H,5-8,12-14H2,1-4H3/t17?,18?,19-,21+,22?,23+,25-,26-,27+/m0/s1. The molecule has 1 N–H and O–H groups in total. The number of hydrogen-bond acceptors (Lipinski definition) is 8. The number of aliphatic hydroxyl groups is 1. The average molecular weight is 489 g/mol. The van der Waals surface area contributed by atoms with E-state index in [1.807, 2.05) is 19.9 Å². The van der Waals surface area contributed by atoms with Gasteiger partial charge >= 0.3 is 6.16 Å². The van der Waals surface area contributed by atoms with E-state index in [9.17, 15) is 19.5 Å². The summed E-state index contributed by atoms with van der Waals surface area (Å²) in [5.74, 6) is -0.186. The number of Topliss-reactive ketones (excluding diaryl/α,β-unsaturated/α-hetero) is 1. The van der Waals surface area contributed by atoms with Gasteiger partial charge < -0.3 is 24.1 Å². The average Bonchev–Trinajstić information content (AvgIpc) is 3.29. The fourth-order valence-electron chi connectivity index (χ4n) is 8.30. The molecular weight excluding hydrogens is 452 g/mol. The van der Waals surface area contributed by atoms with Crippen LogP contribution in [0, 0.1) is 28.6 Å². The number of methoxy groups -OCH3 is 1. The van der Waals surface area contributed by atoms with Gasteiger partial charge in [0, 0.05) is 16.7 Å². The predicted octanol–water partition coefficient (Wildman–Crippen LogP) is 3.51. The quantitative estimate of drug-likeness (QED) is 0.586. The lowest BCUT2D eigenvalue weighted by Gasteiger charge is -2.59. The van der Waals surface area contributed by atoms with E-state index in [4.69, 9.17) is 14.2 Å². The number of ether oxygens (including phenoxy) is 4. The van der Waals surface area contributed by atoms with E-state index in [-0.39, 0.29) is 29.3 Å². The fourth-order valence-corrected chi connectivity index (χ4v) is 8.30. The lowest BCUT2D eigenvalue weighted by molar-refractivity contribution is -0.200. The van der Waals surface area contributed by atoms with Crippen LogP contribution in [0.3, 0.4) is 0 Å². The minimum Gasteiger partial charge on any atom is -0.438 e. The second-order valence-electron chi connectivity index (χ2n) is 11.3. The van der Waals surface area contributed by atoms with Crippen molar-refractivity contribution in [2.45, 2.75) is 83.4 Å². The maximum absolute atomic E-state index is 13.8. The van der Waals surface area contributed by atoms with Gasteiger partial charge in [0.15, 0.2) is 24.3 Å². The third-order valence-electron chi connectivity index (χ3n) is 9.72. The van der Waals surface area contributed by atoms with Gasteiger partial charge in [-0.2, -0.15) is 0 Å². The normalized spacial score (nSPS) is 45.6. The SMILES string of the molecule is CCCC1O[C@@H]2CC3C4CCC5=CC(=O)C=C[C@]5(C)[C@H]4[C@@H](O)C[C@]3(C)[C@]2(C(=O)COC(=O)OC)O1. The van der Waals surface area contributed by atoms with Gasteiger partial charge in [0.2, 0.25) is 5.78 Å². The van der Waals surface area contributed by atoms with E-state index in [2.05, 4.69) is 11.7 Å². The first kappa shape index (κ1) is 24.7. The molecule has 1 heterocycles. The molecule has 0 bridgehead atoms. The smallest absolute Gasteiger partial charge is 0.438 e. The van der Waals surface area contributed by atoms with Crippen molar-refractivity contribution in [3.8, 4) is 0 Å². The molecule has 5 aliphatic rings. The summed E-state index contributed by atoms with van der Waals surface area (Å²) in [4.78, 5) is 37.5. The van der Waals surface area contributed by atoms with Crippen molar-refractivity contribution >= 4 is 17.7 Å². The minimum atomic E-state index is -1.30. The molecule has 8 heteroatoms. The van der Waals surface area contributed by atoms with Crippen molar-refractivity contribution < 1.29 is 38.4 Å². The monoisotopic (exact) mass is 488 g/mol. The van der Waals surface area contributed by atoms with Crippen LogP contribution in [0.15, 0.2) is 23.8 Å². The van der Waals surface area contributed by atoms with Crippen LogP contribution in [0.5, 0.6) is 0 Å². The summed E-state index contributed by atoms with van der Waals surface area (Å²) in [6.07, 6.45) is 6.86. The lowest BCUT2D eigenvalue weighted by atomic mass is 9.46. The first-order valence-electron chi connectivity index (χ1n) is 12.8. The van der Waals surface area contributed by atoms with Crippen molar-refractivity contribution in [2.75, 3.05) is 13.7 Å². The molecule has 1 saturated heterocycles. The highest BCUT2D eigenvalue weighted by Crippen LogP contribution is 2.69. The summed E-state index contributed by atoms with van der Waals surface area (Å²) < 4.78 is 22.5. The Labute approximate surface area is 206 Å². The first-order chi connectivity index (χ1) is 16.6. The lowest BCUT2D eigenvalue weighted by Crippen LogP contribution is -2.63. The first-order valence-corrected chi connectivity index (χ1v) is 12.8. The Kier molecular flexibility index (Phi) is 6.01. The zero-order valence-corrected chi connectivity index (χ0v) is 21.0. The van der Waals surface area contributed by atoms with Gasteiger partial charge in [-0.1, -0.05) is 38.8 Å². The maximum atomic E-state index is 13.8. The topological polar surface area (TPSA) is 108 Å². The molecule has 0 amide bonds. The number of carbonyl (C=O) groups excluding carboxylic acids is 3. The van der Waals surface area contributed by atoms with Crippen LogP contribution >= 0.6 is 0 Å². The largest absolute Gasteiger partial charge is 0.508 e. The van der Waals surface area contributed by atoms with E-state index in [0.29, 0.717) is 19.3 Å². The van der Waals surface area contributed by atoms with Crippen LogP contribution in [0.2, 0.25) is 0 Å². The molecule has 0 aromatic heterocycles. The second-order valence-corrected chi connectivity index (χ2v) is 11.3. The van der Waals surface area contributed by atoms with Crippen LogP contribution in [0.1, 0.15) is 59.3 Å². The minimum absolute atomic E-state index is 0.000354. The van der Waals surface area contributed by atoms with Crippen LogP contribution in [-0.2, 0) is 28.5 Å². The molecule has 9 atom stereocenters. The van der Waals surface area contributed by atoms with Gasteiger partial charge in [0.1, 0.15) is 0 Å². The number of fused-ring (bicyclic) bond motifs is 7. The highest BCUT2D eigenvalue weighted by Gasteiger charge is 2.75. The molecule has 0 radical (unpaired) electrons. The summed E-state index contributed by atoms with van der Waals surface area (Å²) in [6.45, 7) is 5.73. The molecule has 3 unspecified atom stereocenters. The van der Waals surface area contributed by atoms with Crippen LogP contribution in [-0.4, -0.2) is 60.6 Å². The third-order valence-corrected chi connectivity index (χ3v) is 9.72. The van der Waals surface area contributed by atoms with Gasteiger partial charge in [-0.05, 0) is 56.1 Å². The van der Waals surface area contributed by atoms with Crippen LogP contribution in [0.4, 0.5) is 4.79 Å². The highest BCUT2D eigenvalue weighted by molar-refractivity contribution is 6.01. The molecule has 8 nitrogen and oxygen atoms in total. The van der Waals surface area contributed by atoms with Gasteiger partial charge in [-0.15, -0.1) is 0 Å². The van der Waals surface area contributed by atoms with Crippen molar-refractivity contribution in [1.29, 1.82) is 0 Å². The Morgan fingerprint density at radius 1 is 1.29 bits per heavy atom. The van der Waals surface area contributed by atoms with E-state index < -0.39 is 47.7 Å². The van der Waals surface area contributed by atoms with Crippen molar-refractivity contribution in [3.63, 3.8) is 0 Å². The van der Waals surface area contributed by atoms with Crippen molar-refractivity contribution in [2.24, 2.45) is 28.6 Å². The number of ketones is 2. The number of aliphatic hydroxyl groups excluding tert-OH is 1. The van der Waals surface area contributed by atoms with Gasteiger partial charge in [0.25, 0.3) is 0 Å². The molecule has 4 fully saturated rings. The molecule has 4 aliphatic carbocycles. The van der Waals surface area contributed by atoms with Crippen molar-refractivity contribution in [1.82, 2.24) is 0 Å². The third kappa shape index (κ3) is 3.39. The Bertz CT molecular complexity index is 986. The molecule has 0 aromatic carbocycles. The van der Waals surface area contributed by atoms with Gasteiger partial charge in [-0.25, -0.2) is 4.79 Å². The van der Waals surface area contributed by atoms with E-state index in [1.165, 1.54) is 7.11 Å². The maximum Gasteiger partial charge on any atom is 0.508 e. The predicted molar refractivity (Wildman–Crippen MR) is 124 cm³/mol. The molecular formula is C27H36O8. The highest BCUT2D eigenvalue weighted by atomic mass is 16.7. The summed E-state index contributed by atoms with van der Waals surface area (Å²) in [6, 6.07) is 0.